The largest absolute Gasteiger partial charge is 0.348 e. The van der Waals surface area contributed by atoms with E-state index in [0.717, 1.165) is 0 Å². The van der Waals surface area contributed by atoms with Crippen molar-refractivity contribution in [3.63, 3.8) is 0 Å². The van der Waals surface area contributed by atoms with Gasteiger partial charge in [-0.1, -0.05) is 44.0 Å². The fraction of sp³-hybridized carbons (Fsp3) is 0.625. The van der Waals surface area contributed by atoms with Crippen molar-refractivity contribution in [3.05, 3.63) is 28.0 Å². The van der Waals surface area contributed by atoms with Crippen LogP contribution >= 0.6 is 23.2 Å². The Hall–Kier alpha value is -0.800. The lowest BCUT2D eigenvalue weighted by Crippen LogP contribution is -2.52. The summed E-state index contributed by atoms with van der Waals surface area (Å²) in [5.74, 6) is 0.577. The Balaban J connectivity index is 1.83. The van der Waals surface area contributed by atoms with E-state index in [9.17, 15) is 4.79 Å². The molecule has 1 aromatic heterocycles. The molecule has 0 spiro atoms. The lowest BCUT2D eigenvalue weighted by Gasteiger charge is -2.43. The molecule has 0 radical (unpaired) electrons. The lowest BCUT2D eigenvalue weighted by atomic mass is 9.68. The van der Waals surface area contributed by atoms with E-state index in [0.29, 0.717) is 16.5 Å². The standard InChI is InChI=1S/C16H20Cl2N2O/c1-15(2)10-4-5-16(3,7-10)14(15)20-13(21)9-6-11(17)12(18)19-8-9/h6,8,10,14H,4-5,7H2,1-3H3,(H,20,21). The highest BCUT2D eigenvalue weighted by molar-refractivity contribution is 6.41. The Bertz CT molecular complexity index is 597. The van der Waals surface area contributed by atoms with Crippen LogP contribution in [-0.4, -0.2) is 16.9 Å². The maximum Gasteiger partial charge on any atom is 0.253 e. The number of carbonyl (C=O) groups excluding carboxylic acids is 1. The molecule has 5 heteroatoms. The van der Waals surface area contributed by atoms with Crippen LogP contribution < -0.4 is 5.32 Å². The topological polar surface area (TPSA) is 42.0 Å². The minimum Gasteiger partial charge on any atom is -0.348 e. The summed E-state index contributed by atoms with van der Waals surface area (Å²) < 4.78 is 0. The van der Waals surface area contributed by atoms with Gasteiger partial charge in [0.15, 0.2) is 0 Å². The van der Waals surface area contributed by atoms with Crippen molar-refractivity contribution >= 4 is 29.1 Å². The summed E-state index contributed by atoms with van der Waals surface area (Å²) in [6.45, 7) is 6.82. The number of rotatable bonds is 2. The minimum atomic E-state index is -0.118. The van der Waals surface area contributed by atoms with E-state index in [1.54, 1.807) is 6.07 Å². The highest BCUT2D eigenvalue weighted by Gasteiger charge is 2.59. The predicted octanol–water partition coefficient (Wildman–Crippen LogP) is 4.33. The van der Waals surface area contributed by atoms with Crippen molar-refractivity contribution in [2.75, 3.05) is 0 Å². The van der Waals surface area contributed by atoms with Gasteiger partial charge in [-0.05, 0) is 42.1 Å². The van der Waals surface area contributed by atoms with Crippen LogP contribution in [0.25, 0.3) is 0 Å². The van der Waals surface area contributed by atoms with Gasteiger partial charge >= 0.3 is 0 Å². The highest BCUT2D eigenvalue weighted by atomic mass is 35.5. The first-order valence-corrected chi connectivity index (χ1v) is 8.11. The Morgan fingerprint density at radius 3 is 2.67 bits per heavy atom. The molecule has 21 heavy (non-hydrogen) atoms. The van der Waals surface area contributed by atoms with Gasteiger partial charge < -0.3 is 5.32 Å². The zero-order valence-electron chi connectivity index (χ0n) is 12.5. The van der Waals surface area contributed by atoms with Gasteiger partial charge in [-0.15, -0.1) is 0 Å². The van der Waals surface area contributed by atoms with Gasteiger partial charge in [-0.2, -0.15) is 0 Å². The predicted molar refractivity (Wildman–Crippen MR) is 84.7 cm³/mol. The fourth-order valence-corrected chi connectivity index (χ4v) is 4.69. The average molecular weight is 327 g/mol. The van der Waals surface area contributed by atoms with E-state index in [2.05, 4.69) is 31.1 Å². The molecule has 3 atom stereocenters. The summed E-state index contributed by atoms with van der Waals surface area (Å²) in [5, 5.41) is 3.75. The Labute approximate surface area is 135 Å². The zero-order chi connectivity index (χ0) is 15.4. The third-order valence-corrected chi connectivity index (χ3v) is 6.29. The molecule has 1 amide bonds. The van der Waals surface area contributed by atoms with E-state index >= 15 is 0 Å². The molecule has 3 unspecified atom stereocenters. The molecule has 2 bridgehead atoms. The Kier molecular flexibility index (Phi) is 3.49. The van der Waals surface area contributed by atoms with Crippen molar-refractivity contribution in [2.24, 2.45) is 16.7 Å². The molecule has 2 aliphatic rings. The van der Waals surface area contributed by atoms with Crippen LogP contribution in [0.15, 0.2) is 12.3 Å². The minimum absolute atomic E-state index is 0.118. The molecule has 2 fully saturated rings. The molecular weight excluding hydrogens is 307 g/mol. The van der Waals surface area contributed by atoms with Crippen molar-refractivity contribution in [3.8, 4) is 0 Å². The number of hydrogen-bond acceptors (Lipinski definition) is 2. The quantitative estimate of drug-likeness (QED) is 0.822. The van der Waals surface area contributed by atoms with Crippen LogP contribution in [0, 0.1) is 16.7 Å². The van der Waals surface area contributed by atoms with Gasteiger partial charge in [0, 0.05) is 12.2 Å². The summed E-state index contributed by atoms with van der Waals surface area (Å²) in [6.07, 6.45) is 5.13. The number of nitrogens with one attached hydrogen (secondary N) is 1. The molecule has 3 rings (SSSR count). The van der Waals surface area contributed by atoms with E-state index in [4.69, 9.17) is 23.2 Å². The summed E-state index contributed by atoms with van der Waals surface area (Å²) >= 11 is 11.7. The monoisotopic (exact) mass is 326 g/mol. The fourth-order valence-electron chi connectivity index (χ4n) is 4.42. The maximum absolute atomic E-state index is 12.5. The van der Waals surface area contributed by atoms with Gasteiger partial charge in [0.1, 0.15) is 5.15 Å². The molecular formula is C16H20Cl2N2O. The van der Waals surface area contributed by atoms with Crippen molar-refractivity contribution in [2.45, 2.75) is 46.1 Å². The molecule has 2 saturated carbocycles. The number of hydrogen-bond donors (Lipinski definition) is 1. The number of nitrogens with zero attached hydrogens (tertiary/aromatic N) is 1. The third kappa shape index (κ3) is 2.35. The number of halogens is 2. The SMILES string of the molecule is CC12CCC(C1)C(C)(C)C2NC(=O)c1cnc(Cl)c(Cl)c1. The maximum atomic E-state index is 12.5. The van der Waals surface area contributed by atoms with Crippen LogP contribution in [0.4, 0.5) is 0 Å². The van der Waals surface area contributed by atoms with Crippen LogP contribution in [0.5, 0.6) is 0 Å². The second-order valence-corrected chi connectivity index (χ2v) is 8.08. The number of carbonyl (C=O) groups is 1. The zero-order valence-corrected chi connectivity index (χ0v) is 14.1. The number of fused-ring (bicyclic) bond motifs is 2. The van der Waals surface area contributed by atoms with Crippen molar-refractivity contribution in [1.82, 2.24) is 10.3 Å². The number of amides is 1. The molecule has 0 saturated heterocycles. The van der Waals surface area contributed by atoms with Gasteiger partial charge in [0.2, 0.25) is 0 Å². The highest BCUT2D eigenvalue weighted by Crippen LogP contribution is 2.62. The first kappa shape index (κ1) is 15.1. The van der Waals surface area contributed by atoms with Crippen molar-refractivity contribution in [1.29, 1.82) is 0 Å². The second kappa shape index (κ2) is 4.85. The van der Waals surface area contributed by atoms with E-state index < -0.39 is 0 Å². The first-order valence-electron chi connectivity index (χ1n) is 7.36. The molecule has 1 aromatic rings. The molecule has 0 aromatic carbocycles. The molecule has 1 N–H and O–H groups in total. The van der Waals surface area contributed by atoms with Gasteiger partial charge in [0.05, 0.1) is 10.6 Å². The second-order valence-electron chi connectivity index (χ2n) is 7.32. The molecule has 3 nitrogen and oxygen atoms in total. The molecule has 1 heterocycles. The van der Waals surface area contributed by atoms with Crippen LogP contribution in [0.3, 0.4) is 0 Å². The van der Waals surface area contributed by atoms with Gasteiger partial charge in [-0.25, -0.2) is 4.98 Å². The van der Waals surface area contributed by atoms with Crippen LogP contribution in [0.1, 0.15) is 50.4 Å². The number of pyridine rings is 1. The summed E-state index contributed by atoms with van der Waals surface area (Å²) in [4.78, 5) is 16.5. The van der Waals surface area contributed by atoms with E-state index in [1.165, 1.54) is 25.5 Å². The summed E-state index contributed by atoms with van der Waals surface area (Å²) in [6, 6.07) is 1.76. The molecule has 0 aliphatic heterocycles. The van der Waals surface area contributed by atoms with Crippen LogP contribution in [-0.2, 0) is 0 Å². The lowest BCUT2D eigenvalue weighted by molar-refractivity contribution is 0.0737. The number of aromatic nitrogens is 1. The first-order chi connectivity index (χ1) is 9.74. The van der Waals surface area contributed by atoms with Gasteiger partial charge in [-0.3, -0.25) is 4.79 Å². The van der Waals surface area contributed by atoms with E-state index in [1.807, 2.05) is 0 Å². The normalized spacial score (nSPS) is 33.2. The van der Waals surface area contributed by atoms with Crippen molar-refractivity contribution < 1.29 is 4.79 Å². The average Bonchev–Trinajstić information content (AvgIpc) is 2.89. The van der Waals surface area contributed by atoms with E-state index in [-0.39, 0.29) is 27.9 Å². The summed E-state index contributed by atoms with van der Waals surface area (Å²) in [5.41, 5.74) is 0.798. The molecule has 114 valence electrons. The Morgan fingerprint density at radius 2 is 2.10 bits per heavy atom. The smallest absolute Gasteiger partial charge is 0.253 e. The Morgan fingerprint density at radius 1 is 1.38 bits per heavy atom. The third-order valence-electron chi connectivity index (χ3n) is 5.60. The van der Waals surface area contributed by atoms with Crippen LogP contribution in [0.2, 0.25) is 10.2 Å². The summed E-state index contributed by atoms with van der Waals surface area (Å²) in [7, 11) is 0. The van der Waals surface area contributed by atoms with Gasteiger partial charge in [0.25, 0.3) is 5.91 Å². The molecule has 2 aliphatic carbocycles.